The molecule has 0 aliphatic heterocycles. The molecule has 0 bridgehead atoms. The van der Waals surface area contributed by atoms with Crippen molar-refractivity contribution in [2.45, 2.75) is 59.9 Å². The molecule has 0 aliphatic rings. The van der Waals surface area contributed by atoms with Crippen LogP contribution < -0.4 is 11.5 Å². The summed E-state index contributed by atoms with van der Waals surface area (Å²) in [5.74, 6) is 0. The van der Waals surface area contributed by atoms with Crippen molar-refractivity contribution < 1.29 is 0 Å². The van der Waals surface area contributed by atoms with Crippen LogP contribution in [-0.2, 0) is 0 Å². The molecule has 14 heavy (non-hydrogen) atoms. The molecule has 2 nitrogen and oxygen atoms in total. The van der Waals surface area contributed by atoms with Gasteiger partial charge in [0.1, 0.15) is 0 Å². The van der Waals surface area contributed by atoms with Crippen molar-refractivity contribution in [3.8, 4) is 0 Å². The molecule has 0 aromatic carbocycles. The maximum Gasteiger partial charge on any atom is 0.0255 e. The molecule has 1 unspecified atom stereocenters. The van der Waals surface area contributed by atoms with Gasteiger partial charge in [-0.1, -0.05) is 34.6 Å². The highest BCUT2D eigenvalue weighted by Gasteiger charge is 2.31. The summed E-state index contributed by atoms with van der Waals surface area (Å²) in [6, 6.07) is 0. The maximum absolute atomic E-state index is 6.10. The van der Waals surface area contributed by atoms with Gasteiger partial charge in [-0.15, -0.1) is 0 Å². The lowest BCUT2D eigenvalue weighted by molar-refractivity contribution is 0.164. The lowest BCUT2D eigenvalue weighted by Crippen LogP contribution is -2.47. The summed E-state index contributed by atoms with van der Waals surface area (Å²) in [5, 5.41) is 0. The second-order valence-electron chi connectivity index (χ2n) is 6.94. The molecular weight excluding hydrogens is 172 g/mol. The third-order valence-corrected chi connectivity index (χ3v) is 2.36. The van der Waals surface area contributed by atoms with E-state index in [1.165, 1.54) is 6.42 Å². The van der Waals surface area contributed by atoms with E-state index in [-0.39, 0.29) is 11.0 Å². The standard InChI is InChI=1S/C12H28N2/c1-10(2,3)7-11(4,5)8-12(6,14)9-13/h7-9,13-14H2,1-6H3. The molecule has 0 aromatic rings. The molecule has 0 rings (SSSR count). The summed E-state index contributed by atoms with van der Waals surface area (Å²) in [7, 11) is 0. The van der Waals surface area contributed by atoms with E-state index in [0.29, 0.717) is 12.0 Å². The largest absolute Gasteiger partial charge is 0.329 e. The maximum atomic E-state index is 6.10. The fourth-order valence-electron chi connectivity index (χ4n) is 2.66. The van der Waals surface area contributed by atoms with E-state index in [1.807, 2.05) is 6.92 Å². The van der Waals surface area contributed by atoms with Gasteiger partial charge in [0.2, 0.25) is 0 Å². The Kier molecular flexibility index (Phi) is 4.17. The summed E-state index contributed by atoms with van der Waals surface area (Å²) in [4.78, 5) is 0. The summed E-state index contributed by atoms with van der Waals surface area (Å²) in [6.07, 6.45) is 2.15. The van der Waals surface area contributed by atoms with Crippen molar-refractivity contribution in [3.63, 3.8) is 0 Å². The molecule has 0 saturated heterocycles. The van der Waals surface area contributed by atoms with Crippen molar-refractivity contribution >= 4 is 0 Å². The van der Waals surface area contributed by atoms with E-state index in [0.717, 1.165) is 6.42 Å². The van der Waals surface area contributed by atoms with Gasteiger partial charge in [-0.2, -0.15) is 0 Å². The topological polar surface area (TPSA) is 52.0 Å². The monoisotopic (exact) mass is 200 g/mol. The first kappa shape index (κ1) is 13.9. The van der Waals surface area contributed by atoms with Gasteiger partial charge in [0, 0.05) is 12.1 Å². The van der Waals surface area contributed by atoms with Gasteiger partial charge < -0.3 is 11.5 Å². The minimum absolute atomic E-state index is 0.227. The predicted octanol–water partition coefficient (Wildman–Crippen LogP) is 2.52. The zero-order valence-electron chi connectivity index (χ0n) is 10.8. The van der Waals surface area contributed by atoms with Crippen LogP contribution >= 0.6 is 0 Å². The summed E-state index contributed by atoms with van der Waals surface area (Å²) in [6.45, 7) is 14.0. The number of hydrogen-bond donors (Lipinski definition) is 2. The third kappa shape index (κ3) is 6.39. The molecule has 0 aromatic heterocycles. The zero-order chi connectivity index (χ0) is 11.6. The Balaban J connectivity index is 4.35. The zero-order valence-corrected chi connectivity index (χ0v) is 10.8. The second-order valence-corrected chi connectivity index (χ2v) is 6.94. The van der Waals surface area contributed by atoms with Crippen LogP contribution in [0.1, 0.15) is 54.4 Å². The molecule has 2 heteroatoms. The number of rotatable bonds is 4. The van der Waals surface area contributed by atoms with Gasteiger partial charge in [0.05, 0.1) is 0 Å². The SMILES string of the molecule is CC(C)(C)CC(C)(C)CC(C)(N)CN. The Morgan fingerprint density at radius 2 is 1.29 bits per heavy atom. The summed E-state index contributed by atoms with van der Waals surface area (Å²) < 4.78 is 0. The van der Waals surface area contributed by atoms with Crippen LogP contribution in [0.2, 0.25) is 0 Å². The van der Waals surface area contributed by atoms with Crippen molar-refractivity contribution in [2.24, 2.45) is 22.3 Å². The Labute approximate surface area is 89.4 Å². The van der Waals surface area contributed by atoms with Crippen LogP contribution in [0.5, 0.6) is 0 Å². The molecule has 4 N–H and O–H groups in total. The molecule has 0 amide bonds. The van der Waals surface area contributed by atoms with Crippen molar-refractivity contribution in [1.82, 2.24) is 0 Å². The Morgan fingerprint density at radius 1 is 0.857 bits per heavy atom. The van der Waals surface area contributed by atoms with Crippen LogP contribution in [0.3, 0.4) is 0 Å². The molecule has 0 heterocycles. The molecule has 0 fully saturated rings. The first-order valence-corrected chi connectivity index (χ1v) is 5.46. The van der Waals surface area contributed by atoms with Gasteiger partial charge >= 0.3 is 0 Å². The molecule has 0 aliphatic carbocycles. The van der Waals surface area contributed by atoms with Gasteiger partial charge in [0.25, 0.3) is 0 Å². The van der Waals surface area contributed by atoms with Gasteiger partial charge in [-0.3, -0.25) is 0 Å². The van der Waals surface area contributed by atoms with E-state index in [9.17, 15) is 0 Å². The number of nitrogens with two attached hydrogens (primary N) is 2. The van der Waals surface area contributed by atoms with Gasteiger partial charge in [-0.25, -0.2) is 0 Å². The minimum atomic E-state index is -0.227. The average Bonchev–Trinajstić information content (AvgIpc) is 1.78. The van der Waals surface area contributed by atoms with Crippen molar-refractivity contribution in [1.29, 1.82) is 0 Å². The highest BCUT2D eigenvalue weighted by molar-refractivity contribution is 4.88. The van der Waals surface area contributed by atoms with Crippen LogP contribution in [0.4, 0.5) is 0 Å². The lowest BCUT2D eigenvalue weighted by atomic mass is 9.70. The fraction of sp³-hybridized carbons (Fsp3) is 1.00. The van der Waals surface area contributed by atoms with Gasteiger partial charge in [-0.05, 0) is 30.6 Å². The molecule has 0 spiro atoms. The number of hydrogen-bond acceptors (Lipinski definition) is 2. The molecule has 1 atom stereocenters. The fourth-order valence-corrected chi connectivity index (χ4v) is 2.66. The smallest absolute Gasteiger partial charge is 0.0255 e. The van der Waals surface area contributed by atoms with E-state index >= 15 is 0 Å². The summed E-state index contributed by atoms with van der Waals surface area (Å²) in [5.41, 5.74) is 12.1. The molecule has 0 radical (unpaired) electrons. The summed E-state index contributed by atoms with van der Waals surface area (Å²) >= 11 is 0. The highest BCUT2D eigenvalue weighted by Crippen LogP contribution is 2.38. The van der Waals surface area contributed by atoms with Crippen LogP contribution in [0.15, 0.2) is 0 Å². The van der Waals surface area contributed by atoms with Crippen LogP contribution in [0, 0.1) is 10.8 Å². The molecule has 0 saturated carbocycles. The van der Waals surface area contributed by atoms with Gasteiger partial charge in [0.15, 0.2) is 0 Å². The van der Waals surface area contributed by atoms with E-state index in [2.05, 4.69) is 34.6 Å². The predicted molar refractivity (Wildman–Crippen MR) is 64.1 cm³/mol. The van der Waals surface area contributed by atoms with E-state index in [1.54, 1.807) is 0 Å². The molecular formula is C12H28N2. The lowest BCUT2D eigenvalue weighted by Gasteiger charge is -2.38. The normalized spacial score (nSPS) is 18.0. The first-order valence-electron chi connectivity index (χ1n) is 5.46. The average molecular weight is 200 g/mol. The highest BCUT2D eigenvalue weighted by atomic mass is 14.8. The van der Waals surface area contributed by atoms with Crippen LogP contribution in [0.25, 0.3) is 0 Å². The Morgan fingerprint density at radius 3 is 1.57 bits per heavy atom. The quantitative estimate of drug-likeness (QED) is 0.732. The second kappa shape index (κ2) is 4.19. The van der Waals surface area contributed by atoms with Crippen molar-refractivity contribution in [2.75, 3.05) is 6.54 Å². The van der Waals surface area contributed by atoms with E-state index in [4.69, 9.17) is 11.5 Å². The van der Waals surface area contributed by atoms with Crippen molar-refractivity contribution in [3.05, 3.63) is 0 Å². The first-order chi connectivity index (χ1) is 5.97. The Bertz CT molecular complexity index is 175. The molecule has 86 valence electrons. The minimum Gasteiger partial charge on any atom is -0.329 e. The van der Waals surface area contributed by atoms with Crippen LogP contribution in [-0.4, -0.2) is 12.1 Å². The third-order valence-electron chi connectivity index (χ3n) is 2.36. The Hall–Kier alpha value is -0.0800. The van der Waals surface area contributed by atoms with E-state index < -0.39 is 0 Å².